The molecule has 0 aliphatic rings. The average Bonchev–Trinajstić information content (AvgIpc) is 3.76. The van der Waals surface area contributed by atoms with Crippen LogP contribution in [0.15, 0.2) is 152 Å². The van der Waals surface area contributed by atoms with Crippen LogP contribution in [0.5, 0.6) is 0 Å². The van der Waals surface area contributed by atoms with E-state index in [2.05, 4.69) is 144 Å². The predicted molar refractivity (Wildman–Crippen MR) is 197 cm³/mol. The van der Waals surface area contributed by atoms with Crippen molar-refractivity contribution in [1.29, 1.82) is 0 Å². The summed E-state index contributed by atoms with van der Waals surface area (Å²) in [5, 5.41) is 16.2. The Morgan fingerprint density at radius 1 is 0.633 bits per heavy atom. The number of aromatic nitrogens is 6. The summed E-state index contributed by atoms with van der Waals surface area (Å²) in [6.07, 6.45) is 0. The van der Waals surface area contributed by atoms with Crippen molar-refractivity contribution in [2.45, 2.75) is 25.9 Å². The SMILES string of the molecule is Cc1cc2c(cc(C)n2Cc2ccc(-c3ccccc3-c3nnn(C(c4ccccc4)(c4ccccc4)c4ccccc4)n3)cc2)c(Cl)n1. The molecule has 0 saturated carbocycles. The monoisotopic (exact) mass is 656 g/mol. The van der Waals surface area contributed by atoms with Crippen molar-refractivity contribution < 1.29 is 0 Å². The third kappa shape index (κ3) is 5.40. The third-order valence-electron chi connectivity index (χ3n) is 9.25. The normalized spacial score (nSPS) is 11.7. The van der Waals surface area contributed by atoms with Crippen LogP contribution in [0.2, 0.25) is 5.15 Å². The number of benzene rings is 5. The standard InChI is InChI=1S/C42H33ClN6/c1-29-26-39-38(40(43)44-29)27-30(2)48(39)28-31-22-24-32(25-23-31)36-20-12-13-21-37(36)41-45-47-49(46-41)42(33-14-6-3-7-15-33,34-16-8-4-9-17-34)35-18-10-5-11-19-35/h3-27H,28H2,1-2H3. The molecule has 0 amide bonds. The Kier molecular flexibility index (Phi) is 7.86. The van der Waals surface area contributed by atoms with E-state index in [1.807, 2.05) is 31.2 Å². The molecule has 0 spiro atoms. The second kappa shape index (κ2) is 12.6. The van der Waals surface area contributed by atoms with E-state index in [0.717, 1.165) is 62.2 Å². The van der Waals surface area contributed by atoms with Gasteiger partial charge in [0.15, 0.2) is 5.54 Å². The first-order chi connectivity index (χ1) is 24.0. The Morgan fingerprint density at radius 3 is 1.78 bits per heavy atom. The van der Waals surface area contributed by atoms with Gasteiger partial charge in [-0.25, -0.2) is 4.98 Å². The number of fused-ring (bicyclic) bond motifs is 1. The van der Waals surface area contributed by atoms with Crippen molar-refractivity contribution in [3.63, 3.8) is 0 Å². The van der Waals surface area contributed by atoms with Crippen LogP contribution in [-0.2, 0) is 12.1 Å². The average molecular weight is 657 g/mol. The molecule has 0 saturated heterocycles. The van der Waals surface area contributed by atoms with E-state index in [4.69, 9.17) is 27.0 Å². The van der Waals surface area contributed by atoms with Crippen molar-refractivity contribution in [3.05, 3.63) is 190 Å². The van der Waals surface area contributed by atoms with Crippen LogP contribution in [0.3, 0.4) is 0 Å². The molecule has 0 aliphatic heterocycles. The van der Waals surface area contributed by atoms with E-state index in [1.165, 1.54) is 5.56 Å². The Morgan fingerprint density at radius 2 is 1.18 bits per heavy atom. The van der Waals surface area contributed by atoms with Crippen molar-refractivity contribution in [3.8, 4) is 22.5 Å². The molecular formula is C42H33ClN6. The van der Waals surface area contributed by atoms with E-state index >= 15 is 0 Å². The Hall–Kier alpha value is -5.85. The van der Waals surface area contributed by atoms with Crippen LogP contribution in [-0.4, -0.2) is 29.8 Å². The van der Waals surface area contributed by atoms with Crippen molar-refractivity contribution >= 4 is 22.5 Å². The van der Waals surface area contributed by atoms with E-state index in [1.54, 1.807) is 4.80 Å². The number of pyridine rings is 1. The number of halogens is 1. The number of tetrazole rings is 1. The van der Waals surface area contributed by atoms with Gasteiger partial charge in [0, 0.05) is 28.9 Å². The smallest absolute Gasteiger partial charge is 0.205 e. The molecule has 5 aromatic carbocycles. The zero-order valence-electron chi connectivity index (χ0n) is 27.2. The summed E-state index contributed by atoms with van der Waals surface area (Å²) < 4.78 is 2.29. The Bertz CT molecular complexity index is 2280. The lowest BCUT2D eigenvalue weighted by molar-refractivity contribution is 0.396. The summed E-state index contributed by atoms with van der Waals surface area (Å²) in [7, 11) is 0. The summed E-state index contributed by atoms with van der Waals surface area (Å²) in [5.74, 6) is 0.558. The highest BCUT2D eigenvalue weighted by atomic mass is 35.5. The molecule has 0 radical (unpaired) electrons. The molecule has 8 rings (SSSR count). The predicted octanol–water partition coefficient (Wildman–Crippen LogP) is 9.52. The van der Waals surface area contributed by atoms with Gasteiger partial charge >= 0.3 is 0 Å². The first-order valence-electron chi connectivity index (χ1n) is 16.3. The lowest BCUT2D eigenvalue weighted by Gasteiger charge is -2.34. The van der Waals surface area contributed by atoms with Gasteiger partial charge in [-0.2, -0.15) is 0 Å². The first kappa shape index (κ1) is 30.5. The second-order valence-electron chi connectivity index (χ2n) is 12.3. The molecule has 0 unspecified atom stereocenters. The van der Waals surface area contributed by atoms with Crippen LogP contribution in [0.4, 0.5) is 0 Å². The van der Waals surface area contributed by atoms with Gasteiger partial charge in [-0.05, 0) is 64.6 Å². The molecule has 7 heteroatoms. The summed E-state index contributed by atoms with van der Waals surface area (Å²) >= 11 is 6.48. The summed E-state index contributed by atoms with van der Waals surface area (Å²) in [6, 6.07) is 52.4. The van der Waals surface area contributed by atoms with Gasteiger partial charge in [0.05, 0.1) is 5.52 Å². The molecule has 6 nitrogen and oxygen atoms in total. The maximum absolute atomic E-state index is 6.48. The van der Waals surface area contributed by atoms with Gasteiger partial charge in [-0.15, -0.1) is 15.0 Å². The molecule has 8 aromatic rings. The molecule has 0 fully saturated rings. The highest BCUT2D eigenvalue weighted by molar-refractivity contribution is 6.34. The molecule has 0 atom stereocenters. The van der Waals surface area contributed by atoms with Gasteiger partial charge < -0.3 is 4.57 Å². The molecule has 49 heavy (non-hydrogen) atoms. The van der Waals surface area contributed by atoms with Crippen LogP contribution in [0.25, 0.3) is 33.4 Å². The fourth-order valence-electron chi connectivity index (χ4n) is 6.92. The van der Waals surface area contributed by atoms with Gasteiger partial charge in [0.25, 0.3) is 0 Å². The van der Waals surface area contributed by atoms with Crippen LogP contribution >= 0.6 is 11.6 Å². The number of hydrogen-bond donors (Lipinski definition) is 0. The Labute approximate surface area is 290 Å². The van der Waals surface area contributed by atoms with Gasteiger partial charge in [0.1, 0.15) is 5.15 Å². The largest absolute Gasteiger partial charge is 0.340 e. The summed E-state index contributed by atoms with van der Waals surface area (Å²) in [6.45, 7) is 4.81. The molecule has 3 aromatic heterocycles. The molecule has 3 heterocycles. The third-order valence-corrected chi connectivity index (χ3v) is 9.54. The highest BCUT2D eigenvalue weighted by Gasteiger charge is 2.41. The zero-order valence-corrected chi connectivity index (χ0v) is 28.0. The topological polar surface area (TPSA) is 61.4 Å². The summed E-state index contributed by atoms with van der Waals surface area (Å²) in [5.41, 5.74) is 9.64. The summed E-state index contributed by atoms with van der Waals surface area (Å²) in [4.78, 5) is 6.21. The minimum atomic E-state index is -0.842. The minimum Gasteiger partial charge on any atom is -0.340 e. The fraction of sp³-hybridized carbons (Fsp3) is 0.0952. The number of aryl methyl sites for hydroxylation is 2. The highest BCUT2D eigenvalue weighted by Crippen LogP contribution is 2.40. The van der Waals surface area contributed by atoms with Crippen LogP contribution in [0, 0.1) is 13.8 Å². The fourth-order valence-corrected chi connectivity index (χ4v) is 7.21. The molecule has 238 valence electrons. The first-order valence-corrected chi connectivity index (χ1v) is 16.7. The lowest BCUT2D eigenvalue weighted by atomic mass is 9.77. The van der Waals surface area contributed by atoms with E-state index < -0.39 is 5.54 Å². The van der Waals surface area contributed by atoms with E-state index in [9.17, 15) is 0 Å². The van der Waals surface area contributed by atoms with Crippen molar-refractivity contribution in [1.82, 2.24) is 29.8 Å². The van der Waals surface area contributed by atoms with E-state index in [-0.39, 0.29) is 0 Å². The van der Waals surface area contributed by atoms with Gasteiger partial charge in [0.2, 0.25) is 5.82 Å². The van der Waals surface area contributed by atoms with Gasteiger partial charge in [-0.1, -0.05) is 151 Å². The van der Waals surface area contributed by atoms with E-state index in [0.29, 0.717) is 11.0 Å². The van der Waals surface area contributed by atoms with Crippen LogP contribution < -0.4 is 0 Å². The van der Waals surface area contributed by atoms with Crippen molar-refractivity contribution in [2.75, 3.05) is 0 Å². The quantitative estimate of drug-likeness (QED) is 0.121. The maximum Gasteiger partial charge on any atom is 0.205 e. The van der Waals surface area contributed by atoms with Crippen molar-refractivity contribution in [2.24, 2.45) is 0 Å². The lowest BCUT2D eigenvalue weighted by Crippen LogP contribution is -2.39. The minimum absolute atomic E-state index is 0.544. The maximum atomic E-state index is 6.48. The molecule has 0 N–H and O–H groups in total. The molecule has 0 bridgehead atoms. The number of hydrogen-bond acceptors (Lipinski definition) is 4. The Balaban J connectivity index is 1.19. The number of nitrogens with zero attached hydrogens (tertiary/aromatic N) is 6. The molecular weight excluding hydrogens is 624 g/mol. The van der Waals surface area contributed by atoms with Gasteiger partial charge in [-0.3, -0.25) is 0 Å². The zero-order chi connectivity index (χ0) is 33.4. The van der Waals surface area contributed by atoms with Crippen LogP contribution in [0.1, 0.15) is 33.6 Å². The molecule has 0 aliphatic carbocycles. The second-order valence-corrected chi connectivity index (χ2v) is 12.7. The number of rotatable bonds is 8.